The molecule has 0 atom stereocenters. The van der Waals surface area contributed by atoms with Gasteiger partial charge in [0, 0.05) is 44.6 Å². The van der Waals surface area contributed by atoms with Crippen molar-refractivity contribution in [3.8, 4) is 11.1 Å². The zero-order valence-electron chi connectivity index (χ0n) is 19.8. The van der Waals surface area contributed by atoms with Crippen LogP contribution >= 0.6 is 0 Å². The van der Waals surface area contributed by atoms with E-state index in [1.807, 2.05) is 42.5 Å². The molecule has 0 unspecified atom stereocenters. The molecular formula is C28H24F4N2O3. The van der Waals surface area contributed by atoms with Gasteiger partial charge in [-0.25, -0.2) is 4.39 Å². The van der Waals surface area contributed by atoms with Gasteiger partial charge in [0.05, 0.1) is 11.1 Å². The van der Waals surface area contributed by atoms with Gasteiger partial charge in [0.15, 0.2) is 5.78 Å². The second-order valence-corrected chi connectivity index (χ2v) is 8.73. The summed E-state index contributed by atoms with van der Waals surface area (Å²) >= 11 is 0. The number of carbonyl (C=O) groups is 3. The summed E-state index contributed by atoms with van der Waals surface area (Å²) in [7, 11) is 0. The summed E-state index contributed by atoms with van der Waals surface area (Å²) in [6.07, 6.45) is -4.68. The van der Waals surface area contributed by atoms with Crippen LogP contribution in [-0.4, -0.2) is 53.6 Å². The van der Waals surface area contributed by atoms with Gasteiger partial charge in [-0.05, 0) is 29.3 Å². The van der Waals surface area contributed by atoms with Crippen LogP contribution in [0, 0.1) is 5.82 Å². The first-order valence-corrected chi connectivity index (χ1v) is 11.8. The summed E-state index contributed by atoms with van der Waals surface area (Å²) in [5, 5.41) is 0. The van der Waals surface area contributed by atoms with Crippen molar-refractivity contribution < 1.29 is 31.9 Å². The Kier molecular flexibility index (Phi) is 7.71. The fourth-order valence-electron chi connectivity index (χ4n) is 4.20. The second-order valence-electron chi connectivity index (χ2n) is 8.73. The van der Waals surface area contributed by atoms with Gasteiger partial charge in [-0.15, -0.1) is 0 Å². The summed E-state index contributed by atoms with van der Waals surface area (Å²) in [6.45, 7) is 0.389. The van der Waals surface area contributed by atoms with Gasteiger partial charge in [0.25, 0.3) is 5.91 Å². The van der Waals surface area contributed by atoms with Crippen molar-refractivity contribution in [1.29, 1.82) is 0 Å². The Morgan fingerprint density at radius 3 is 1.95 bits per heavy atom. The third-order valence-electron chi connectivity index (χ3n) is 6.32. The third-order valence-corrected chi connectivity index (χ3v) is 6.32. The van der Waals surface area contributed by atoms with E-state index < -0.39 is 29.0 Å². The molecule has 1 fully saturated rings. The molecule has 1 aliphatic rings. The van der Waals surface area contributed by atoms with Crippen LogP contribution in [0.2, 0.25) is 0 Å². The monoisotopic (exact) mass is 512 g/mol. The quantitative estimate of drug-likeness (QED) is 0.326. The fraction of sp³-hybridized carbons (Fsp3) is 0.250. The standard InChI is InChI=1S/C28H24F4N2O3/c29-24-11-10-22(28(30,31)32)18-23(24)27(37)34-16-14-33(15-17-34)26(36)13-12-25(35)21-8-6-20(7-9-21)19-4-2-1-3-5-19/h1-11,18H,12-17H2. The Morgan fingerprint density at radius 1 is 0.730 bits per heavy atom. The van der Waals surface area contributed by atoms with Gasteiger partial charge >= 0.3 is 6.18 Å². The van der Waals surface area contributed by atoms with E-state index in [-0.39, 0.29) is 50.7 Å². The molecule has 0 aromatic heterocycles. The fourth-order valence-corrected chi connectivity index (χ4v) is 4.20. The highest BCUT2D eigenvalue weighted by Gasteiger charge is 2.33. The van der Waals surface area contributed by atoms with E-state index in [0.29, 0.717) is 23.8 Å². The number of carbonyl (C=O) groups excluding carboxylic acids is 3. The first kappa shape index (κ1) is 26.1. The Labute approximate surface area is 211 Å². The van der Waals surface area contributed by atoms with E-state index in [9.17, 15) is 31.9 Å². The summed E-state index contributed by atoms with van der Waals surface area (Å²) in [5.74, 6) is -2.31. The smallest absolute Gasteiger partial charge is 0.339 e. The highest BCUT2D eigenvalue weighted by Crippen LogP contribution is 2.30. The lowest BCUT2D eigenvalue weighted by atomic mass is 10.0. The first-order chi connectivity index (χ1) is 17.6. The van der Waals surface area contributed by atoms with E-state index in [1.165, 1.54) is 9.80 Å². The molecule has 0 spiro atoms. The second kappa shape index (κ2) is 10.9. The van der Waals surface area contributed by atoms with Crippen molar-refractivity contribution in [3.05, 3.63) is 95.3 Å². The number of halogens is 4. The minimum absolute atomic E-state index is 0.00449. The molecule has 37 heavy (non-hydrogen) atoms. The lowest BCUT2D eigenvalue weighted by Gasteiger charge is -2.35. The minimum Gasteiger partial charge on any atom is -0.339 e. The van der Waals surface area contributed by atoms with Crippen LogP contribution in [0.1, 0.15) is 39.1 Å². The predicted octanol–water partition coefficient (Wildman–Crippen LogP) is 5.46. The molecule has 1 aliphatic heterocycles. The van der Waals surface area contributed by atoms with E-state index >= 15 is 0 Å². The number of alkyl halides is 3. The number of rotatable bonds is 6. The Morgan fingerprint density at radius 2 is 1.32 bits per heavy atom. The average Bonchev–Trinajstić information content (AvgIpc) is 2.91. The van der Waals surface area contributed by atoms with Crippen molar-refractivity contribution in [2.75, 3.05) is 26.2 Å². The normalized spacial score (nSPS) is 13.9. The van der Waals surface area contributed by atoms with Gasteiger partial charge in [0.1, 0.15) is 5.82 Å². The van der Waals surface area contributed by atoms with Crippen LogP contribution in [0.4, 0.5) is 17.6 Å². The molecule has 0 aliphatic carbocycles. The van der Waals surface area contributed by atoms with Gasteiger partial charge in [-0.1, -0.05) is 54.6 Å². The number of nitrogens with zero attached hydrogens (tertiary/aromatic N) is 2. The lowest BCUT2D eigenvalue weighted by molar-refractivity contribution is -0.137. The van der Waals surface area contributed by atoms with Crippen LogP contribution in [0.3, 0.4) is 0 Å². The predicted molar refractivity (Wildman–Crippen MR) is 129 cm³/mol. The number of hydrogen-bond acceptors (Lipinski definition) is 3. The third kappa shape index (κ3) is 6.22. The Bertz CT molecular complexity index is 1280. The van der Waals surface area contributed by atoms with Crippen LogP contribution in [0.25, 0.3) is 11.1 Å². The molecule has 5 nitrogen and oxygen atoms in total. The molecule has 0 bridgehead atoms. The van der Waals surface area contributed by atoms with Crippen molar-refractivity contribution in [2.24, 2.45) is 0 Å². The summed E-state index contributed by atoms with van der Waals surface area (Å²) in [4.78, 5) is 40.5. The highest BCUT2D eigenvalue weighted by atomic mass is 19.4. The van der Waals surface area contributed by atoms with Crippen molar-refractivity contribution in [3.63, 3.8) is 0 Å². The lowest BCUT2D eigenvalue weighted by Crippen LogP contribution is -2.50. The number of benzene rings is 3. The van der Waals surface area contributed by atoms with E-state index in [1.54, 1.807) is 12.1 Å². The molecule has 1 heterocycles. The van der Waals surface area contributed by atoms with E-state index in [0.717, 1.165) is 11.1 Å². The molecular weight excluding hydrogens is 488 g/mol. The zero-order chi connectivity index (χ0) is 26.6. The molecule has 0 N–H and O–H groups in total. The number of piperazine rings is 1. The maximum atomic E-state index is 14.1. The van der Waals surface area contributed by atoms with Crippen LogP contribution in [-0.2, 0) is 11.0 Å². The number of Topliss-reactive ketones (excluding diaryl/α,β-unsaturated/α-hetero) is 1. The molecule has 0 radical (unpaired) electrons. The molecule has 4 rings (SSSR count). The maximum absolute atomic E-state index is 14.1. The minimum atomic E-state index is -4.70. The van der Waals surface area contributed by atoms with Gasteiger partial charge in [-0.2, -0.15) is 13.2 Å². The van der Waals surface area contributed by atoms with Crippen LogP contribution in [0.15, 0.2) is 72.8 Å². The molecule has 0 saturated carbocycles. The number of hydrogen-bond donors (Lipinski definition) is 0. The Balaban J connectivity index is 1.28. The summed E-state index contributed by atoms with van der Waals surface area (Å²) in [5.41, 5.74) is 0.755. The largest absolute Gasteiger partial charge is 0.416 e. The molecule has 1 saturated heterocycles. The molecule has 3 aromatic carbocycles. The zero-order valence-corrected chi connectivity index (χ0v) is 19.8. The molecule has 192 valence electrons. The van der Waals surface area contributed by atoms with Gasteiger partial charge < -0.3 is 9.80 Å². The highest BCUT2D eigenvalue weighted by molar-refractivity contribution is 5.98. The topological polar surface area (TPSA) is 57.7 Å². The van der Waals surface area contributed by atoms with Crippen molar-refractivity contribution in [1.82, 2.24) is 9.80 Å². The first-order valence-electron chi connectivity index (χ1n) is 11.8. The van der Waals surface area contributed by atoms with Crippen LogP contribution < -0.4 is 0 Å². The molecule has 3 aromatic rings. The van der Waals surface area contributed by atoms with Gasteiger partial charge in [0.2, 0.25) is 5.91 Å². The van der Waals surface area contributed by atoms with Crippen molar-refractivity contribution >= 4 is 17.6 Å². The van der Waals surface area contributed by atoms with E-state index in [4.69, 9.17) is 0 Å². The molecule has 9 heteroatoms. The van der Waals surface area contributed by atoms with Crippen molar-refractivity contribution in [2.45, 2.75) is 19.0 Å². The average molecular weight is 513 g/mol. The SMILES string of the molecule is O=C(CCC(=O)N1CCN(C(=O)c2cc(C(F)(F)F)ccc2F)CC1)c1ccc(-c2ccccc2)cc1. The summed E-state index contributed by atoms with van der Waals surface area (Å²) < 4.78 is 52.9. The number of ketones is 1. The van der Waals surface area contributed by atoms with Gasteiger partial charge in [-0.3, -0.25) is 14.4 Å². The summed E-state index contributed by atoms with van der Waals surface area (Å²) in [6, 6.07) is 18.6. The Hall–Kier alpha value is -4.01. The maximum Gasteiger partial charge on any atom is 0.416 e. The number of amides is 2. The van der Waals surface area contributed by atoms with E-state index in [2.05, 4.69) is 0 Å². The molecule has 2 amide bonds. The van der Waals surface area contributed by atoms with Crippen LogP contribution in [0.5, 0.6) is 0 Å².